The third-order valence-electron chi connectivity index (χ3n) is 4.17. The standard InChI is InChI=1S/C18H26N2O4/c1-14(21)20(13-16-7-5-11-24-16)10-9-18(22)19-12-15-6-3-4-8-17(15)23-2/h3-4,6,8,16H,5,7,9-13H2,1-2H3,(H,19,22). The number of ether oxygens (including phenoxy) is 2. The second kappa shape index (κ2) is 9.27. The Balaban J connectivity index is 1.77. The van der Waals surface area contributed by atoms with Crippen molar-refractivity contribution in [2.75, 3.05) is 26.8 Å². The Morgan fingerprint density at radius 1 is 1.38 bits per heavy atom. The Kier molecular flexibility index (Phi) is 7.06. The van der Waals surface area contributed by atoms with Gasteiger partial charge in [-0.1, -0.05) is 18.2 Å². The van der Waals surface area contributed by atoms with E-state index in [0.717, 1.165) is 30.8 Å². The molecule has 1 N–H and O–H groups in total. The van der Waals surface area contributed by atoms with Gasteiger partial charge in [0.25, 0.3) is 0 Å². The summed E-state index contributed by atoms with van der Waals surface area (Å²) in [4.78, 5) is 25.5. The van der Waals surface area contributed by atoms with E-state index < -0.39 is 0 Å². The Morgan fingerprint density at radius 3 is 2.83 bits per heavy atom. The summed E-state index contributed by atoms with van der Waals surface area (Å²) < 4.78 is 10.8. The molecule has 1 atom stereocenters. The van der Waals surface area contributed by atoms with Gasteiger partial charge in [0, 0.05) is 45.1 Å². The smallest absolute Gasteiger partial charge is 0.222 e. The van der Waals surface area contributed by atoms with Crippen LogP contribution in [0.15, 0.2) is 24.3 Å². The Labute approximate surface area is 143 Å². The average Bonchev–Trinajstić information content (AvgIpc) is 3.09. The zero-order valence-corrected chi connectivity index (χ0v) is 14.4. The summed E-state index contributed by atoms with van der Waals surface area (Å²) in [6.07, 6.45) is 2.40. The van der Waals surface area contributed by atoms with Gasteiger partial charge in [-0.05, 0) is 18.9 Å². The Hall–Kier alpha value is -2.08. The molecule has 1 fully saturated rings. The number of rotatable bonds is 8. The predicted molar refractivity (Wildman–Crippen MR) is 90.7 cm³/mol. The van der Waals surface area contributed by atoms with Crippen LogP contribution in [0.25, 0.3) is 0 Å². The number of hydrogen-bond donors (Lipinski definition) is 1. The number of benzene rings is 1. The first-order valence-corrected chi connectivity index (χ1v) is 8.36. The molecule has 1 aliphatic heterocycles. The molecule has 0 aliphatic carbocycles. The van der Waals surface area contributed by atoms with E-state index in [1.54, 1.807) is 12.0 Å². The van der Waals surface area contributed by atoms with Gasteiger partial charge in [-0.3, -0.25) is 9.59 Å². The molecule has 2 rings (SSSR count). The van der Waals surface area contributed by atoms with Crippen molar-refractivity contribution in [1.82, 2.24) is 10.2 Å². The number of nitrogens with zero attached hydrogens (tertiary/aromatic N) is 1. The summed E-state index contributed by atoms with van der Waals surface area (Å²) in [5.74, 6) is 0.643. The number of para-hydroxylation sites is 1. The van der Waals surface area contributed by atoms with Gasteiger partial charge in [0.2, 0.25) is 11.8 Å². The van der Waals surface area contributed by atoms with E-state index in [4.69, 9.17) is 9.47 Å². The first-order valence-electron chi connectivity index (χ1n) is 8.36. The van der Waals surface area contributed by atoms with Gasteiger partial charge in [-0.25, -0.2) is 0 Å². The van der Waals surface area contributed by atoms with Crippen molar-refractivity contribution >= 4 is 11.8 Å². The van der Waals surface area contributed by atoms with Crippen molar-refractivity contribution < 1.29 is 19.1 Å². The fourth-order valence-corrected chi connectivity index (χ4v) is 2.78. The van der Waals surface area contributed by atoms with Crippen LogP contribution in [0.4, 0.5) is 0 Å². The fourth-order valence-electron chi connectivity index (χ4n) is 2.78. The average molecular weight is 334 g/mol. The highest BCUT2D eigenvalue weighted by Gasteiger charge is 2.21. The van der Waals surface area contributed by atoms with Crippen LogP contribution in [0.5, 0.6) is 5.75 Å². The molecular weight excluding hydrogens is 308 g/mol. The number of methoxy groups -OCH3 is 1. The van der Waals surface area contributed by atoms with Crippen molar-refractivity contribution in [2.45, 2.75) is 38.8 Å². The second-order valence-corrected chi connectivity index (χ2v) is 5.94. The van der Waals surface area contributed by atoms with Gasteiger partial charge >= 0.3 is 0 Å². The molecule has 2 amide bonds. The minimum absolute atomic E-state index is 0.0250. The highest BCUT2D eigenvalue weighted by molar-refractivity contribution is 5.78. The van der Waals surface area contributed by atoms with Gasteiger partial charge in [0.1, 0.15) is 5.75 Å². The van der Waals surface area contributed by atoms with Gasteiger partial charge in [-0.2, -0.15) is 0 Å². The molecule has 1 unspecified atom stereocenters. The predicted octanol–water partition coefficient (Wildman–Crippen LogP) is 1.73. The summed E-state index contributed by atoms with van der Waals surface area (Å²) in [5.41, 5.74) is 0.927. The maximum Gasteiger partial charge on any atom is 0.222 e. The number of carbonyl (C=O) groups is 2. The number of hydrogen-bond acceptors (Lipinski definition) is 4. The maximum atomic E-state index is 12.1. The third kappa shape index (κ3) is 5.53. The first kappa shape index (κ1) is 18.3. The largest absolute Gasteiger partial charge is 0.496 e. The van der Waals surface area contributed by atoms with Gasteiger partial charge < -0.3 is 19.7 Å². The quantitative estimate of drug-likeness (QED) is 0.786. The summed E-state index contributed by atoms with van der Waals surface area (Å²) in [6.45, 7) is 3.67. The molecule has 1 saturated heterocycles. The van der Waals surface area contributed by atoms with Crippen molar-refractivity contribution in [2.24, 2.45) is 0 Å². The minimum atomic E-state index is -0.0838. The van der Waals surface area contributed by atoms with E-state index in [1.165, 1.54) is 6.92 Å². The summed E-state index contributed by atoms with van der Waals surface area (Å²) in [7, 11) is 1.61. The Bertz CT molecular complexity index is 556. The molecule has 1 aliphatic rings. The lowest BCUT2D eigenvalue weighted by Crippen LogP contribution is -2.38. The van der Waals surface area contributed by atoms with Crippen LogP contribution in [0, 0.1) is 0 Å². The van der Waals surface area contributed by atoms with Crippen molar-refractivity contribution in [1.29, 1.82) is 0 Å². The van der Waals surface area contributed by atoms with E-state index in [0.29, 0.717) is 19.6 Å². The van der Waals surface area contributed by atoms with Crippen molar-refractivity contribution in [3.63, 3.8) is 0 Å². The van der Waals surface area contributed by atoms with E-state index in [9.17, 15) is 9.59 Å². The summed E-state index contributed by atoms with van der Waals surface area (Å²) in [5, 5.41) is 2.87. The van der Waals surface area contributed by atoms with Gasteiger partial charge in [-0.15, -0.1) is 0 Å². The summed E-state index contributed by atoms with van der Waals surface area (Å²) in [6, 6.07) is 7.57. The normalized spacial score (nSPS) is 16.7. The molecule has 24 heavy (non-hydrogen) atoms. The van der Waals surface area contributed by atoms with Crippen LogP contribution in [0.2, 0.25) is 0 Å². The molecule has 1 heterocycles. The monoisotopic (exact) mass is 334 g/mol. The molecule has 0 bridgehead atoms. The van der Waals surface area contributed by atoms with Gasteiger partial charge in [0.05, 0.1) is 13.2 Å². The van der Waals surface area contributed by atoms with Crippen LogP contribution in [0.3, 0.4) is 0 Å². The van der Waals surface area contributed by atoms with Gasteiger partial charge in [0.15, 0.2) is 0 Å². The van der Waals surface area contributed by atoms with E-state index in [-0.39, 0.29) is 24.3 Å². The molecule has 1 aromatic carbocycles. The second-order valence-electron chi connectivity index (χ2n) is 5.94. The highest BCUT2D eigenvalue weighted by atomic mass is 16.5. The third-order valence-corrected chi connectivity index (χ3v) is 4.17. The SMILES string of the molecule is COc1ccccc1CNC(=O)CCN(CC1CCCO1)C(C)=O. The lowest BCUT2D eigenvalue weighted by Gasteiger charge is -2.24. The lowest BCUT2D eigenvalue weighted by atomic mass is 10.2. The minimum Gasteiger partial charge on any atom is -0.496 e. The molecule has 0 aromatic heterocycles. The number of carbonyl (C=O) groups excluding carboxylic acids is 2. The van der Waals surface area contributed by atoms with Crippen LogP contribution < -0.4 is 10.1 Å². The zero-order valence-electron chi connectivity index (χ0n) is 14.4. The van der Waals surface area contributed by atoms with E-state index in [1.807, 2.05) is 24.3 Å². The van der Waals surface area contributed by atoms with Crippen molar-refractivity contribution in [3.05, 3.63) is 29.8 Å². The Morgan fingerprint density at radius 2 is 2.17 bits per heavy atom. The topological polar surface area (TPSA) is 67.9 Å². The molecule has 0 spiro atoms. The summed E-state index contributed by atoms with van der Waals surface area (Å²) >= 11 is 0. The zero-order chi connectivity index (χ0) is 17.4. The molecule has 0 radical (unpaired) electrons. The molecular formula is C18H26N2O4. The number of amides is 2. The van der Waals surface area contributed by atoms with E-state index in [2.05, 4.69) is 5.32 Å². The molecule has 1 aromatic rings. The van der Waals surface area contributed by atoms with Crippen molar-refractivity contribution in [3.8, 4) is 5.75 Å². The van der Waals surface area contributed by atoms with Crippen LogP contribution >= 0.6 is 0 Å². The molecule has 132 valence electrons. The van der Waals surface area contributed by atoms with Crippen LogP contribution in [-0.4, -0.2) is 49.6 Å². The maximum absolute atomic E-state index is 12.1. The highest BCUT2D eigenvalue weighted by Crippen LogP contribution is 2.17. The van der Waals surface area contributed by atoms with Crippen LogP contribution in [-0.2, 0) is 20.9 Å². The first-order chi connectivity index (χ1) is 11.6. The van der Waals surface area contributed by atoms with E-state index >= 15 is 0 Å². The number of nitrogens with one attached hydrogen (secondary N) is 1. The van der Waals surface area contributed by atoms with Crippen LogP contribution in [0.1, 0.15) is 31.7 Å². The molecule has 0 saturated carbocycles. The lowest BCUT2D eigenvalue weighted by molar-refractivity contribution is -0.131. The molecule has 6 heteroatoms. The molecule has 6 nitrogen and oxygen atoms in total. The fraction of sp³-hybridized carbons (Fsp3) is 0.556.